The van der Waals surface area contributed by atoms with Crippen LogP contribution in [0.15, 0.2) is 36.7 Å². The normalized spacial score (nSPS) is 16.4. The fourth-order valence-corrected chi connectivity index (χ4v) is 2.63. The zero-order valence-corrected chi connectivity index (χ0v) is 12.3. The third kappa shape index (κ3) is 3.88. The summed E-state index contributed by atoms with van der Waals surface area (Å²) in [6.07, 6.45) is 0.0207. The second-order valence-corrected chi connectivity index (χ2v) is 5.42. The minimum atomic E-state index is -4.42. The van der Waals surface area contributed by atoms with Crippen LogP contribution in [0.4, 0.5) is 24.7 Å². The average molecular weight is 323 g/mol. The number of hydrogen-bond acceptors (Lipinski definition) is 5. The Hall–Kier alpha value is -2.38. The van der Waals surface area contributed by atoms with Crippen molar-refractivity contribution >= 4 is 11.5 Å². The molecule has 23 heavy (non-hydrogen) atoms. The molecule has 0 amide bonds. The van der Waals surface area contributed by atoms with Gasteiger partial charge in [0.15, 0.2) is 5.82 Å². The summed E-state index contributed by atoms with van der Waals surface area (Å²) in [6, 6.07) is 6.48. The van der Waals surface area contributed by atoms with Crippen LogP contribution in [0.1, 0.15) is 18.5 Å². The molecule has 0 atom stereocenters. The van der Waals surface area contributed by atoms with Gasteiger partial charge in [-0.15, -0.1) is 5.10 Å². The number of hydrogen-bond donors (Lipinski definition) is 1. The number of rotatable bonds is 3. The first-order valence-corrected chi connectivity index (χ1v) is 7.35. The maximum Gasteiger partial charge on any atom is 0.433 e. The molecule has 5 nitrogen and oxygen atoms in total. The van der Waals surface area contributed by atoms with Gasteiger partial charge in [0, 0.05) is 37.2 Å². The highest BCUT2D eigenvalue weighted by Crippen LogP contribution is 2.29. The molecule has 8 heteroatoms. The highest BCUT2D eigenvalue weighted by molar-refractivity contribution is 5.45. The van der Waals surface area contributed by atoms with Crippen molar-refractivity contribution in [2.75, 3.05) is 23.3 Å². The first-order valence-electron chi connectivity index (χ1n) is 7.35. The second kappa shape index (κ2) is 6.39. The lowest BCUT2D eigenvalue weighted by Gasteiger charge is -2.33. The lowest BCUT2D eigenvalue weighted by Crippen LogP contribution is -2.39. The predicted octanol–water partition coefficient (Wildman–Crippen LogP) is 2.97. The maximum atomic E-state index is 12.7. The average Bonchev–Trinajstić information content (AvgIpc) is 2.56. The summed E-state index contributed by atoms with van der Waals surface area (Å²) in [7, 11) is 0. The van der Waals surface area contributed by atoms with Gasteiger partial charge in [-0.3, -0.25) is 4.98 Å². The Morgan fingerprint density at radius 1 is 1.13 bits per heavy atom. The van der Waals surface area contributed by atoms with Crippen LogP contribution < -0.4 is 10.2 Å². The smallest absolute Gasteiger partial charge is 0.382 e. The summed E-state index contributed by atoms with van der Waals surface area (Å²) in [6.45, 7) is 1.57. The molecule has 1 aliphatic heterocycles. The van der Waals surface area contributed by atoms with E-state index >= 15 is 0 Å². The van der Waals surface area contributed by atoms with E-state index in [4.69, 9.17) is 0 Å². The first-order chi connectivity index (χ1) is 11.0. The van der Waals surface area contributed by atoms with E-state index in [1.165, 1.54) is 6.20 Å². The number of aromatic nitrogens is 3. The van der Waals surface area contributed by atoms with Crippen LogP contribution in [0.2, 0.25) is 0 Å². The number of alkyl halides is 3. The molecule has 3 rings (SSSR count). The minimum absolute atomic E-state index is 0.131. The van der Waals surface area contributed by atoms with Crippen LogP contribution in [0.25, 0.3) is 0 Å². The number of halogens is 3. The highest BCUT2D eigenvalue weighted by Gasteiger charge is 2.32. The summed E-state index contributed by atoms with van der Waals surface area (Å²) < 4.78 is 38.0. The van der Waals surface area contributed by atoms with Gasteiger partial charge in [-0.05, 0) is 37.1 Å². The molecule has 0 aliphatic carbocycles. The Kier molecular flexibility index (Phi) is 4.31. The fourth-order valence-electron chi connectivity index (χ4n) is 2.63. The third-order valence-corrected chi connectivity index (χ3v) is 3.80. The van der Waals surface area contributed by atoms with Gasteiger partial charge >= 0.3 is 6.18 Å². The molecule has 1 fully saturated rings. The van der Waals surface area contributed by atoms with E-state index in [1.807, 2.05) is 12.1 Å². The van der Waals surface area contributed by atoms with Gasteiger partial charge in [0.25, 0.3) is 0 Å². The molecule has 3 heterocycles. The van der Waals surface area contributed by atoms with Gasteiger partial charge < -0.3 is 10.2 Å². The molecule has 0 radical (unpaired) electrons. The SMILES string of the molecule is FC(F)(F)c1cc(NC2CCN(c3cccnn3)CC2)ccn1. The van der Waals surface area contributed by atoms with Crippen LogP contribution in [0, 0.1) is 0 Å². The van der Waals surface area contributed by atoms with Gasteiger partial charge in [0.1, 0.15) is 5.69 Å². The third-order valence-electron chi connectivity index (χ3n) is 3.80. The second-order valence-electron chi connectivity index (χ2n) is 5.42. The van der Waals surface area contributed by atoms with Gasteiger partial charge in [-0.25, -0.2) is 0 Å². The molecule has 0 spiro atoms. The number of piperidine rings is 1. The zero-order chi connectivity index (χ0) is 16.3. The summed E-state index contributed by atoms with van der Waals surface area (Å²) in [4.78, 5) is 5.49. The molecule has 2 aromatic heterocycles. The number of nitrogens with one attached hydrogen (secondary N) is 1. The molecule has 1 aliphatic rings. The van der Waals surface area contributed by atoms with Crippen LogP contribution >= 0.6 is 0 Å². The molecule has 0 unspecified atom stereocenters. The first kappa shape index (κ1) is 15.5. The van der Waals surface area contributed by atoms with Crippen LogP contribution in [0.5, 0.6) is 0 Å². The zero-order valence-electron chi connectivity index (χ0n) is 12.3. The van der Waals surface area contributed by atoms with E-state index in [9.17, 15) is 13.2 Å². The minimum Gasteiger partial charge on any atom is -0.382 e. The summed E-state index contributed by atoms with van der Waals surface area (Å²) in [5.41, 5.74) is -0.426. The Morgan fingerprint density at radius 2 is 1.91 bits per heavy atom. The molecule has 1 N–H and O–H groups in total. The summed E-state index contributed by atoms with van der Waals surface area (Å²) in [5.74, 6) is 0.828. The van der Waals surface area contributed by atoms with Crippen molar-refractivity contribution in [2.24, 2.45) is 0 Å². The lowest BCUT2D eigenvalue weighted by atomic mass is 10.0. The van der Waals surface area contributed by atoms with Crippen molar-refractivity contribution in [1.82, 2.24) is 15.2 Å². The predicted molar refractivity (Wildman–Crippen MR) is 80.1 cm³/mol. The Labute approximate surface area is 131 Å². The van der Waals surface area contributed by atoms with Crippen molar-refractivity contribution in [1.29, 1.82) is 0 Å². The lowest BCUT2D eigenvalue weighted by molar-refractivity contribution is -0.141. The highest BCUT2D eigenvalue weighted by atomic mass is 19.4. The van der Waals surface area contributed by atoms with Crippen molar-refractivity contribution in [3.05, 3.63) is 42.4 Å². The van der Waals surface area contributed by atoms with Gasteiger partial charge in [-0.1, -0.05) is 0 Å². The van der Waals surface area contributed by atoms with E-state index in [1.54, 1.807) is 12.3 Å². The molecular weight excluding hydrogens is 307 g/mol. The molecule has 2 aromatic rings. The number of anilines is 2. The number of pyridine rings is 1. The quantitative estimate of drug-likeness (QED) is 0.941. The fraction of sp³-hybridized carbons (Fsp3) is 0.400. The van der Waals surface area contributed by atoms with E-state index in [0.29, 0.717) is 5.69 Å². The van der Waals surface area contributed by atoms with Crippen LogP contribution in [-0.2, 0) is 6.18 Å². The van der Waals surface area contributed by atoms with Crippen LogP contribution in [0.3, 0.4) is 0 Å². The van der Waals surface area contributed by atoms with E-state index < -0.39 is 11.9 Å². The summed E-state index contributed by atoms with van der Waals surface area (Å²) in [5, 5.41) is 11.1. The van der Waals surface area contributed by atoms with Gasteiger partial charge in [-0.2, -0.15) is 18.3 Å². The Morgan fingerprint density at radius 3 is 2.57 bits per heavy atom. The molecule has 122 valence electrons. The monoisotopic (exact) mass is 323 g/mol. The van der Waals surface area contributed by atoms with E-state index in [0.717, 1.165) is 37.8 Å². The van der Waals surface area contributed by atoms with Gasteiger partial charge in [0.2, 0.25) is 0 Å². The van der Waals surface area contributed by atoms with E-state index in [-0.39, 0.29) is 6.04 Å². The van der Waals surface area contributed by atoms with Crippen molar-refractivity contribution in [3.8, 4) is 0 Å². The Bertz CT molecular complexity index is 639. The van der Waals surface area contributed by atoms with Crippen molar-refractivity contribution in [3.63, 3.8) is 0 Å². The topological polar surface area (TPSA) is 53.9 Å². The maximum absolute atomic E-state index is 12.7. The summed E-state index contributed by atoms with van der Waals surface area (Å²) >= 11 is 0. The number of nitrogens with zero attached hydrogens (tertiary/aromatic N) is 4. The van der Waals surface area contributed by atoms with Crippen molar-refractivity contribution in [2.45, 2.75) is 25.1 Å². The van der Waals surface area contributed by atoms with E-state index in [2.05, 4.69) is 25.4 Å². The molecule has 0 saturated carbocycles. The largest absolute Gasteiger partial charge is 0.433 e. The molecular formula is C15H16F3N5. The van der Waals surface area contributed by atoms with Crippen molar-refractivity contribution < 1.29 is 13.2 Å². The molecule has 0 bridgehead atoms. The van der Waals surface area contributed by atoms with Gasteiger partial charge in [0.05, 0.1) is 0 Å². The molecule has 0 aromatic carbocycles. The Balaban J connectivity index is 1.59. The molecule has 1 saturated heterocycles. The standard InChI is InChI=1S/C15H16F3N5/c16-15(17,18)13-10-12(3-7-19-13)21-11-4-8-23(9-5-11)14-2-1-6-20-22-14/h1-3,6-7,10-11H,4-5,8-9H2,(H,19,21). The van der Waals surface area contributed by atoms with Crippen LogP contribution in [-0.4, -0.2) is 34.3 Å².